The zero-order chi connectivity index (χ0) is 14.3. The fourth-order valence-electron chi connectivity index (χ4n) is 4.50. The SMILES string of the molecule is CNC1CC2(CC(C)CC(C)C2)Oc2ccc(C)cc21. The first-order valence-corrected chi connectivity index (χ1v) is 7.98. The Hall–Kier alpha value is -1.02. The van der Waals surface area contributed by atoms with Crippen LogP contribution in [0.15, 0.2) is 18.2 Å². The summed E-state index contributed by atoms with van der Waals surface area (Å²) in [5.74, 6) is 2.63. The molecule has 1 heterocycles. The Labute approximate surface area is 122 Å². The van der Waals surface area contributed by atoms with Crippen molar-refractivity contribution in [2.45, 2.75) is 58.1 Å². The molecule has 1 aliphatic carbocycles. The molecule has 0 aromatic heterocycles. The molecular weight excluding hydrogens is 246 g/mol. The number of nitrogens with one attached hydrogen (secondary N) is 1. The molecule has 3 unspecified atom stereocenters. The summed E-state index contributed by atoms with van der Waals surface area (Å²) in [6, 6.07) is 7.04. The van der Waals surface area contributed by atoms with Gasteiger partial charge in [-0.05, 0) is 51.1 Å². The van der Waals surface area contributed by atoms with E-state index in [0.29, 0.717) is 6.04 Å². The number of aryl methyl sites for hydroxylation is 1. The molecule has 0 bridgehead atoms. The Morgan fingerprint density at radius 2 is 1.85 bits per heavy atom. The zero-order valence-corrected chi connectivity index (χ0v) is 13.2. The molecule has 0 radical (unpaired) electrons. The van der Waals surface area contributed by atoms with E-state index in [1.807, 2.05) is 0 Å². The molecule has 3 rings (SSSR count). The van der Waals surface area contributed by atoms with Crippen molar-refractivity contribution in [1.82, 2.24) is 5.32 Å². The van der Waals surface area contributed by atoms with Crippen LogP contribution in [0, 0.1) is 18.8 Å². The lowest BCUT2D eigenvalue weighted by Gasteiger charge is -2.48. The van der Waals surface area contributed by atoms with Crippen LogP contribution in [0.5, 0.6) is 5.75 Å². The Morgan fingerprint density at radius 1 is 1.15 bits per heavy atom. The van der Waals surface area contributed by atoms with Gasteiger partial charge in [0.2, 0.25) is 0 Å². The second-order valence-electron chi connectivity index (χ2n) is 7.23. The molecule has 20 heavy (non-hydrogen) atoms. The highest BCUT2D eigenvalue weighted by Crippen LogP contribution is 2.48. The minimum absolute atomic E-state index is 0.0486. The van der Waals surface area contributed by atoms with Crippen molar-refractivity contribution >= 4 is 0 Å². The Kier molecular flexibility index (Phi) is 3.53. The lowest BCUT2D eigenvalue weighted by atomic mass is 9.69. The molecule has 1 aliphatic heterocycles. The van der Waals surface area contributed by atoms with Crippen LogP contribution in [0.25, 0.3) is 0 Å². The number of hydrogen-bond donors (Lipinski definition) is 1. The van der Waals surface area contributed by atoms with Crippen molar-refractivity contribution in [1.29, 1.82) is 0 Å². The van der Waals surface area contributed by atoms with Gasteiger partial charge in [0.15, 0.2) is 0 Å². The van der Waals surface area contributed by atoms with Crippen molar-refractivity contribution in [3.05, 3.63) is 29.3 Å². The maximum atomic E-state index is 6.55. The van der Waals surface area contributed by atoms with Crippen molar-refractivity contribution < 1.29 is 4.74 Å². The Morgan fingerprint density at radius 3 is 2.50 bits per heavy atom. The lowest BCUT2D eigenvalue weighted by molar-refractivity contribution is -0.0341. The third-order valence-corrected chi connectivity index (χ3v) is 5.04. The van der Waals surface area contributed by atoms with Crippen LogP contribution in [-0.4, -0.2) is 12.6 Å². The highest BCUT2D eigenvalue weighted by atomic mass is 16.5. The van der Waals surface area contributed by atoms with Gasteiger partial charge in [-0.3, -0.25) is 0 Å². The van der Waals surface area contributed by atoms with E-state index in [1.165, 1.54) is 30.4 Å². The summed E-state index contributed by atoms with van der Waals surface area (Å²) in [5.41, 5.74) is 2.70. The van der Waals surface area contributed by atoms with Gasteiger partial charge < -0.3 is 10.1 Å². The zero-order valence-electron chi connectivity index (χ0n) is 13.2. The average molecular weight is 273 g/mol. The molecule has 1 saturated carbocycles. The van der Waals surface area contributed by atoms with E-state index < -0.39 is 0 Å². The molecule has 0 saturated heterocycles. The largest absolute Gasteiger partial charge is 0.487 e. The molecule has 0 amide bonds. The predicted molar refractivity (Wildman–Crippen MR) is 83.1 cm³/mol. The van der Waals surface area contributed by atoms with Gasteiger partial charge in [-0.15, -0.1) is 0 Å². The summed E-state index contributed by atoms with van der Waals surface area (Å²) < 4.78 is 6.55. The van der Waals surface area contributed by atoms with Gasteiger partial charge in [0.25, 0.3) is 0 Å². The summed E-state index contributed by atoms with van der Waals surface area (Å²) in [6.45, 7) is 6.90. The van der Waals surface area contributed by atoms with Gasteiger partial charge in [-0.2, -0.15) is 0 Å². The third kappa shape index (κ3) is 2.46. The van der Waals surface area contributed by atoms with E-state index in [2.05, 4.69) is 51.3 Å². The number of ether oxygens (including phenoxy) is 1. The molecule has 2 nitrogen and oxygen atoms in total. The van der Waals surface area contributed by atoms with E-state index in [1.54, 1.807) is 0 Å². The van der Waals surface area contributed by atoms with Crippen molar-refractivity contribution in [3.8, 4) is 5.75 Å². The van der Waals surface area contributed by atoms with Gasteiger partial charge in [0, 0.05) is 18.0 Å². The number of hydrogen-bond acceptors (Lipinski definition) is 2. The molecule has 1 aromatic carbocycles. The molecule has 1 fully saturated rings. The lowest BCUT2D eigenvalue weighted by Crippen LogP contribution is -2.48. The maximum Gasteiger partial charge on any atom is 0.124 e. The van der Waals surface area contributed by atoms with Gasteiger partial charge in [0.05, 0.1) is 0 Å². The van der Waals surface area contributed by atoms with Crippen LogP contribution in [-0.2, 0) is 0 Å². The first-order valence-electron chi connectivity index (χ1n) is 7.98. The number of benzene rings is 1. The Balaban J connectivity index is 1.96. The topological polar surface area (TPSA) is 21.3 Å². The highest BCUT2D eigenvalue weighted by molar-refractivity contribution is 5.41. The molecule has 2 heteroatoms. The van der Waals surface area contributed by atoms with Crippen molar-refractivity contribution in [2.75, 3.05) is 7.05 Å². The molecule has 1 N–H and O–H groups in total. The van der Waals surface area contributed by atoms with Crippen LogP contribution >= 0.6 is 0 Å². The van der Waals surface area contributed by atoms with Crippen molar-refractivity contribution in [3.63, 3.8) is 0 Å². The summed E-state index contributed by atoms with van der Waals surface area (Å²) >= 11 is 0. The summed E-state index contributed by atoms with van der Waals surface area (Å²) in [4.78, 5) is 0. The van der Waals surface area contributed by atoms with E-state index in [0.717, 1.165) is 24.0 Å². The quantitative estimate of drug-likeness (QED) is 0.826. The fraction of sp³-hybridized carbons (Fsp3) is 0.667. The van der Waals surface area contributed by atoms with Crippen LogP contribution in [0.1, 0.15) is 56.7 Å². The van der Waals surface area contributed by atoms with E-state index in [-0.39, 0.29) is 5.60 Å². The third-order valence-electron chi connectivity index (χ3n) is 5.04. The summed E-state index contributed by atoms with van der Waals surface area (Å²) in [7, 11) is 2.07. The molecule has 2 aliphatic rings. The van der Waals surface area contributed by atoms with Crippen LogP contribution in [0.3, 0.4) is 0 Å². The standard InChI is InChI=1S/C18H27NO/c1-12-5-6-17-15(8-12)16(19-4)11-18(20-17)9-13(2)7-14(3)10-18/h5-6,8,13-14,16,19H,7,9-11H2,1-4H3. The first kappa shape index (κ1) is 13.9. The smallest absolute Gasteiger partial charge is 0.124 e. The van der Waals surface area contributed by atoms with E-state index >= 15 is 0 Å². The van der Waals surface area contributed by atoms with Gasteiger partial charge in [0.1, 0.15) is 11.4 Å². The first-order chi connectivity index (χ1) is 9.51. The normalized spacial score (nSPS) is 36.5. The van der Waals surface area contributed by atoms with Crippen LogP contribution in [0.4, 0.5) is 0 Å². The minimum atomic E-state index is 0.0486. The molecule has 1 aromatic rings. The van der Waals surface area contributed by atoms with Crippen molar-refractivity contribution in [2.24, 2.45) is 11.8 Å². The summed E-state index contributed by atoms with van der Waals surface area (Å²) in [6.07, 6.45) is 4.84. The Bertz CT molecular complexity index is 486. The highest BCUT2D eigenvalue weighted by Gasteiger charge is 2.45. The number of fused-ring (bicyclic) bond motifs is 1. The summed E-state index contributed by atoms with van der Waals surface area (Å²) in [5, 5.41) is 3.51. The van der Waals surface area contributed by atoms with E-state index in [4.69, 9.17) is 4.74 Å². The average Bonchev–Trinajstić information content (AvgIpc) is 2.37. The van der Waals surface area contributed by atoms with Crippen LogP contribution < -0.4 is 10.1 Å². The van der Waals surface area contributed by atoms with Gasteiger partial charge >= 0.3 is 0 Å². The molecule has 3 atom stereocenters. The van der Waals surface area contributed by atoms with Gasteiger partial charge in [-0.1, -0.05) is 31.5 Å². The molecular formula is C18H27NO. The second-order valence-corrected chi connectivity index (χ2v) is 7.23. The maximum absolute atomic E-state index is 6.55. The fourth-order valence-corrected chi connectivity index (χ4v) is 4.50. The minimum Gasteiger partial charge on any atom is -0.487 e. The monoisotopic (exact) mass is 273 g/mol. The number of rotatable bonds is 1. The van der Waals surface area contributed by atoms with E-state index in [9.17, 15) is 0 Å². The molecule has 110 valence electrons. The second kappa shape index (κ2) is 5.07. The molecule has 1 spiro atoms. The van der Waals surface area contributed by atoms with Gasteiger partial charge in [-0.25, -0.2) is 0 Å². The predicted octanol–water partition coefficient (Wildman–Crippen LogP) is 4.23. The van der Waals surface area contributed by atoms with Crippen LogP contribution in [0.2, 0.25) is 0 Å².